The maximum Gasteiger partial charge on any atom is 0.0700 e. The lowest BCUT2D eigenvalue weighted by Gasteiger charge is -2.07. The van der Waals surface area contributed by atoms with E-state index in [-0.39, 0.29) is 24.0 Å². The zero-order chi connectivity index (χ0) is 13.1. The Morgan fingerprint density at radius 3 is 2.60 bits per heavy atom. The van der Waals surface area contributed by atoms with Gasteiger partial charge in [0, 0.05) is 22.8 Å². The van der Waals surface area contributed by atoms with Crippen molar-refractivity contribution < 1.29 is 0 Å². The first-order valence-electron chi connectivity index (χ1n) is 7.13. The van der Waals surface area contributed by atoms with Gasteiger partial charge in [0.15, 0.2) is 0 Å². The number of anilines is 1. The van der Waals surface area contributed by atoms with E-state index in [1.807, 2.05) is 0 Å². The van der Waals surface area contributed by atoms with Crippen LogP contribution in [0.4, 0.5) is 5.69 Å². The van der Waals surface area contributed by atoms with Crippen molar-refractivity contribution in [2.24, 2.45) is 0 Å². The molecule has 0 saturated carbocycles. The number of nitrogens with one attached hydrogen (secondary N) is 2. The average Bonchev–Trinajstić information content (AvgIpc) is 2.83. The first kappa shape index (κ1) is 15.2. The number of halogens is 1. The zero-order valence-electron chi connectivity index (χ0n) is 11.8. The maximum atomic E-state index is 3.55. The average molecular weight is 380 g/mol. The van der Waals surface area contributed by atoms with E-state index in [1.165, 1.54) is 46.8 Å². The normalized spacial score (nSPS) is 10.7. The molecule has 0 bridgehead atoms. The lowest BCUT2D eigenvalue weighted by atomic mass is 10.1. The molecule has 0 unspecified atom stereocenters. The molecule has 0 aliphatic carbocycles. The van der Waals surface area contributed by atoms with Gasteiger partial charge in [0.2, 0.25) is 0 Å². The smallest absolute Gasteiger partial charge is 0.0700 e. The van der Waals surface area contributed by atoms with E-state index in [0.29, 0.717) is 0 Å². The molecule has 0 aliphatic heterocycles. The van der Waals surface area contributed by atoms with Crippen molar-refractivity contribution in [2.75, 3.05) is 11.9 Å². The van der Waals surface area contributed by atoms with Crippen molar-refractivity contribution >= 4 is 51.5 Å². The van der Waals surface area contributed by atoms with E-state index in [9.17, 15) is 0 Å². The van der Waals surface area contributed by atoms with Gasteiger partial charge in [-0.1, -0.05) is 50.1 Å². The predicted octanol–water partition coefficient (Wildman–Crippen LogP) is 5.54. The number of benzene rings is 2. The molecule has 0 fully saturated rings. The summed E-state index contributed by atoms with van der Waals surface area (Å²) in [4.78, 5) is 3.52. The van der Waals surface area contributed by atoms with Crippen LogP contribution in [0.1, 0.15) is 26.2 Å². The number of hydrogen-bond donors (Lipinski definition) is 2. The Morgan fingerprint density at radius 1 is 0.950 bits per heavy atom. The van der Waals surface area contributed by atoms with E-state index >= 15 is 0 Å². The highest BCUT2D eigenvalue weighted by Gasteiger charge is 2.06. The maximum absolute atomic E-state index is 3.55. The van der Waals surface area contributed by atoms with E-state index in [0.717, 1.165) is 6.54 Å². The molecule has 2 aromatic carbocycles. The quantitative estimate of drug-likeness (QED) is 0.441. The lowest BCUT2D eigenvalue weighted by molar-refractivity contribution is 0.744. The summed E-state index contributed by atoms with van der Waals surface area (Å²) in [6.07, 6.45) is 3.78. The van der Waals surface area contributed by atoms with Crippen LogP contribution in [-0.2, 0) is 0 Å². The number of aromatic amines is 1. The monoisotopic (exact) mass is 380 g/mol. The van der Waals surface area contributed by atoms with Gasteiger partial charge in [0.25, 0.3) is 0 Å². The summed E-state index contributed by atoms with van der Waals surface area (Å²) in [5, 5.41) is 6.15. The van der Waals surface area contributed by atoms with Crippen LogP contribution in [0, 0.1) is 0 Å². The highest BCUT2D eigenvalue weighted by atomic mass is 127. The molecule has 106 valence electrons. The molecule has 3 heteroatoms. The SMILES string of the molecule is CCCCCNc1cccc2c1[nH]c1ccccc12.I. The number of unbranched alkanes of at least 4 members (excludes halogenated alkanes) is 2. The highest BCUT2D eigenvalue weighted by molar-refractivity contribution is 14.0. The molecular weight excluding hydrogens is 359 g/mol. The van der Waals surface area contributed by atoms with Crippen LogP contribution in [0.3, 0.4) is 0 Å². The molecule has 3 aromatic rings. The van der Waals surface area contributed by atoms with Gasteiger partial charge < -0.3 is 10.3 Å². The van der Waals surface area contributed by atoms with Crippen molar-refractivity contribution in [2.45, 2.75) is 26.2 Å². The van der Waals surface area contributed by atoms with E-state index in [1.54, 1.807) is 0 Å². The van der Waals surface area contributed by atoms with Crippen molar-refractivity contribution in [3.05, 3.63) is 42.5 Å². The van der Waals surface area contributed by atoms with Gasteiger partial charge in [-0.25, -0.2) is 0 Å². The Balaban J connectivity index is 0.00000147. The molecule has 0 aliphatic rings. The summed E-state index contributed by atoms with van der Waals surface area (Å²) in [6.45, 7) is 3.28. The van der Waals surface area contributed by atoms with E-state index in [2.05, 4.69) is 59.7 Å². The van der Waals surface area contributed by atoms with E-state index in [4.69, 9.17) is 0 Å². The molecule has 1 aromatic heterocycles. The molecule has 3 rings (SSSR count). The summed E-state index contributed by atoms with van der Waals surface area (Å²) < 4.78 is 0. The summed E-state index contributed by atoms with van der Waals surface area (Å²) in [5.41, 5.74) is 3.64. The number of H-pyrrole nitrogens is 1. The Hall–Kier alpha value is -1.23. The van der Waals surface area contributed by atoms with Crippen LogP contribution in [-0.4, -0.2) is 11.5 Å². The lowest BCUT2D eigenvalue weighted by Crippen LogP contribution is -2.01. The van der Waals surface area contributed by atoms with Gasteiger partial charge in [0.05, 0.1) is 11.2 Å². The third kappa shape index (κ3) is 2.92. The van der Waals surface area contributed by atoms with Crippen molar-refractivity contribution in [1.29, 1.82) is 0 Å². The minimum absolute atomic E-state index is 0. The van der Waals surface area contributed by atoms with E-state index < -0.39 is 0 Å². The summed E-state index contributed by atoms with van der Waals surface area (Å²) >= 11 is 0. The molecule has 0 atom stereocenters. The molecule has 0 spiro atoms. The summed E-state index contributed by atoms with van der Waals surface area (Å²) in [6, 6.07) is 15.0. The van der Waals surface area contributed by atoms with Crippen LogP contribution >= 0.6 is 24.0 Å². The number of rotatable bonds is 5. The van der Waals surface area contributed by atoms with Gasteiger partial charge >= 0.3 is 0 Å². The van der Waals surface area contributed by atoms with Gasteiger partial charge in [-0.15, -0.1) is 24.0 Å². The van der Waals surface area contributed by atoms with Gasteiger partial charge in [0.1, 0.15) is 0 Å². The van der Waals surface area contributed by atoms with Crippen molar-refractivity contribution in [3.8, 4) is 0 Å². The third-order valence-electron chi connectivity index (χ3n) is 3.64. The van der Waals surface area contributed by atoms with Crippen LogP contribution in [0.25, 0.3) is 21.8 Å². The fraction of sp³-hybridized carbons (Fsp3) is 0.294. The van der Waals surface area contributed by atoms with Gasteiger partial charge in [-0.3, -0.25) is 0 Å². The fourth-order valence-corrected chi connectivity index (χ4v) is 2.62. The molecule has 20 heavy (non-hydrogen) atoms. The second kappa shape index (κ2) is 6.97. The van der Waals surface area contributed by atoms with Crippen LogP contribution in [0.15, 0.2) is 42.5 Å². The van der Waals surface area contributed by atoms with Crippen molar-refractivity contribution in [1.82, 2.24) is 4.98 Å². The first-order chi connectivity index (χ1) is 9.40. The Labute approximate surface area is 137 Å². The number of fused-ring (bicyclic) bond motifs is 3. The first-order valence-corrected chi connectivity index (χ1v) is 7.13. The predicted molar refractivity (Wildman–Crippen MR) is 99.2 cm³/mol. The second-order valence-corrected chi connectivity index (χ2v) is 5.03. The summed E-state index contributed by atoms with van der Waals surface area (Å²) in [5.74, 6) is 0. The van der Waals surface area contributed by atoms with Crippen molar-refractivity contribution in [3.63, 3.8) is 0 Å². The molecular formula is C17H21IN2. The number of hydrogen-bond acceptors (Lipinski definition) is 1. The number of aromatic nitrogens is 1. The Kier molecular flexibility index (Phi) is 5.29. The zero-order valence-corrected chi connectivity index (χ0v) is 14.1. The molecule has 1 heterocycles. The topological polar surface area (TPSA) is 27.8 Å². The largest absolute Gasteiger partial charge is 0.383 e. The van der Waals surface area contributed by atoms with Crippen LogP contribution < -0.4 is 5.32 Å². The molecule has 0 amide bonds. The molecule has 0 radical (unpaired) electrons. The molecule has 0 saturated heterocycles. The minimum atomic E-state index is 0. The summed E-state index contributed by atoms with van der Waals surface area (Å²) in [7, 11) is 0. The van der Waals surface area contributed by atoms with Crippen LogP contribution in [0.5, 0.6) is 0 Å². The van der Waals surface area contributed by atoms with Crippen LogP contribution in [0.2, 0.25) is 0 Å². The highest BCUT2D eigenvalue weighted by Crippen LogP contribution is 2.29. The minimum Gasteiger partial charge on any atom is -0.383 e. The number of para-hydroxylation sites is 2. The van der Waals surface area contributed by atoms with Gasteiger partial charge in [-0.05, 0) is 18.6 Å². The second-order valence-electron chi connectivity index (χ2n) is 5.03. The Bertz CT molecular complexity index is 688. The fourth-order valence-electron chi connectivity index (χ4n) is 2.62. The van der Waals surface area contributed by atoms with Gasteiger partial charge in [-0.2, -0.15) is 0 Å². The Morgan fingerprint density at radius 2 is 1.75 bits per heavy atom. The third-order valence-corrected chi connectivity index (χ3v) is 3.64. The molecule has 2 N–H and O–H groups in total. The standard InChI is InChI=1S/C17H20N2.HI/c1-2-3-6-12-18-16-11-7-9-14-13-8-4-5-10-15(13)19-17(14)16;/h4-5,7-11,18-19H,2-3,6,12H2,1H3;1H. The molecule has 2 nitrogen and oxygen atoms in total.